The number of amides is 2. The molecule has 3 rings (SSSR count). The van der Waals surface area contributed by atoms with Crippen LogP contribution in [-0.4, -0.2) is 22.4 Å². The molecule has 25 heavy (non-hydrogen) atoms. The van der Waals surface area contributed by atoms with Crippen molar-refractivity contribution in [1.82, 2.24) is 4.90 Å². The molecule has 0 saturated heterocycles. The van der Waals surface area contributed by atoms with Crippen molar-refractivity contribution >= 4 is 17.4 Å². The van der Waals surface area contributed by atoms with E-state index in [1.165, 1.54) is 29.8 Å². The van der Waals surface area contributed by atoms with Crippen molar-refractivity contribution in [1.29, 1.82) is 0 Å². The fourth-order valence-corrected chi connectivity index (χ4v) is 3.14. The van der Waals surface area contributed by atoms with Gasteiger partial charge in [0.25, 0.3) is 5.69 Å². The van der Waals surface area contributed by atoms with Gasteiger partial charge < -0.3 is 10.2 Å². The molecule has 0 bridgehead atoms. The molecule has 1 aliphatic carbocycles. The van der Waals surface area contributed by atoms with E-state index in [-0.39, 0.29) is 24.3 Å². The Kier molecular flexibility index (Phi) is 4.66. The molecule has 2 aromatic carbocycles. The summed E-state index contributed by atoms with van der Waals surface area (Å²) in [4.78, 5) is 24.6. The van der Waals surface area contributed by atoms with Crippen LogP contribution in [0.4, 0.5) is 16.2 Å². The summed E-state index contributed by atoms with van der Waals surface area (Å²) in [5.41, 5.74) is 2.82. The molecule has 1 aliphatic rings. The lowest BCUT2D eigenvalue weighted by molar-refractivity contribution is -0.384. The molecule has 2 amide bonds. The van der Waals surface area contributed by atoms with Crippen LogP contribution in [0.5, 0.6) is 0 Å². The van der Waals surface area contributed by atoms with Gasteiger partial charge >= 0.3 is 6.03 Å². The summed E-state index contributed by atoms with van der Waals surface area (Å²) in [6.45, 7) is 0.192. The van der Waals surface area contributed by atoms with E-state index >= 15 is 0 Å². The van der Waals surface area contributed by atoms with Crippen LogP contribution in [0.1, 0.15) is 23.6 Å². The number of hydrogen-bond donors (Lipinski definition) is 1. The van der Waals surface area contributed by atoms with Gasteiger partial charge in [0.15, 0.2) is 0 Å². The van der Waals surface area contributed by atoms with Crippen LogP contribution in [0.2, 0.25) is 0 Å². The number of fused-ring (bicyclic) bond motifs is 1. The van der Waals surface area contributed by atoms with Gasteiger partial charge in [-0.15, -0.1) is 6.42 Å². The van der Waals surface area contributed by atoms with E-state index in [1.807, 2.05) is 18.2 Å². The highest BCUT2D eigenvalue weighted by molar-refractivity contribution is 5.90. The van der Waals surface area contributed by atoms with E-state index in [9.17, 15) is 14.9 Å². The van der Waals surface area contributed by atoms with Crippen LogP contribution in [0.25, 0.3) is 0 Å². The van der Waals surface area contributed by atoms with Crippen LogP contribution in [0, 0.1) is 22.5 Å². The molecule has 0 aromatic heterocycles. The Morgan fingerprint density at radius 2 is 2.00 bits per heavy atom. The van der Waals surface area contributed by atoms with Crippen LogP contribution >= 0.6 is 0 Å². The first-order valence-corrected chi connectivity index (χ1v) is 7.93. The minimum Gasteiger partial charge on any atom is -0.308 e. The number of hydrogen-bond acceptors (Lipinski definition) is 3. The second-order valence-electron chi connectivity index (χ2n) is 5.82. The summed E-state index contributed by atoms with van der Waals surface area (Å²) in [6.07, 6.45) is 7.19. The van der Waals surface area contributed by atoms with Gasteiger partial charge in [-0.3, -0.25) is 10.1 Å². The third kappa shape index (κ3) is 3.45. The molecule has 0 aliphatic heterocycles. The molecule has 6 nitrogen and oxygen atoms in total. The Labute approximate surface area is 145 Å². The Hall–Kier alpha value is -3.33. The highest BCUT2D eigenvalue weighted by Gasteiger charge is 2.30. The largest absolute Gasteiger partial charge is 0.323 e. The van der Waals surface area contributed by atoms with Gasteiger partial charge in [0.1, 0.15) is 0 Å². The lowest BCUT2D eigenvalue weighted by atomic mass is 10.1. The topological polar surface area (TPSA) is 75.5 Å². The maximum Gasteiger partial charge on any atom is 0.323 e. The first-order valence-electron chi connectivity index (χ1n) is 7.93. The van der Waals surface area contributed by atoms with Gasteiger partial charge in [-0.25, -0.2) is 4.79 Å². The lowest BCUT2D eigenvalue weighted by Crippen LogP contribution is -2.37. The van der Waals surface area contributed by atoms with Crippen molar-refractivity contribution in [3.05, 3.63) is 69.8 Å². The molecule has 0 spiro atoms. The van der Waals surface area contributed by atoms with Crippen molar-refractivity contribution < 1.29 is 9.72 Å². The molecule has 1 unspecified atom stereocenters. The zero-order chi connectivity index (χ0) is 17.8. The number of nitrogens with one attached hydrogen (secondary N) is 1. The van der Waals surface area contributed by atoms with Gasteiger partial charge in [-0.2, -0.15) is 0 Å². The predicted octanol–water partition coefficient (Wildman–Crippen LogP) is 3.75. The third-order valence-corrected chi connectivity index (χ3v) is 4.33. The van der Waals surface area contributed by atoms with Crippen molar-refractivity contribution in [2.75, 3.05) is 11.9 Å². The molecular weight excluding hydrogens is 318 g/mol. The quantitative estimate of drug-likeness (QED) is 0.525. The van der Waals surface area contributed by atoms with Crippen LogP contribution < -0.4 is 5.32 Å². The molecule has 0 saturated carbocycles. The molecule has 0 fully saturated rings. The number of nitro groups is 1. The molecule has 126 valence electrons. The number of non-ortho nitro benzene ring substituents is 1. The first-order chi connectivity index (χ1) is 12.1. The summed E-state index contributed by atoms with van der Waals surface area (Å²) in [5.74, 6) is 2.54. The van der Waals surface area contributed by atoms with Crippen molar-refractivity contribution in [3.63, 3.8) is 0 Å². The predicted molar refractivity (Wildman–Crippen MR) is 95.2 cm³/mol. The van der Waals surface area contributed by atoms with Crippen LogP contribution in [0.3, 0.4) is 0 Å². The molecule has 0 radical (unpaired) electrons. The highest BCUT2D eigenvalue weighted by atomic mass is 16.6. The average Bonchev–Trinajstić information content (AvgIpc) is 3.04. The van der Waals surface area contributed by atoms with Gasteiger partial charge in [-0.1, -0.05) is 30.2 Å². The number of anilines is 1. The average molecular weight is 335 g/mol. The van der Waals surface area contributed by atoms with Crippen molar-refractivity contribution in [2.45, 2.75) is 18.9 Å². The molecule has 1 N–H and O–H groups in total. The zero-order valence-electron chi connectivity index (χ0n) is 13.5. The van der Waals surface area contributed by atoms with E-state index in [1.54, 1.807) is 4.90 Å². The number of carbonyl (C=O) groups excluding carboxylic acids is 1. The van der Waals surface area contributed by atoms with E-state index in [4.69, 9.17) is 6.42 Å². The maximum atomic E-state index is 12.7. The van der Waals surface area contributed by atoms with Gasteiger partial charge in [0.2, 0.25) is 0 Å². The normalized spacial score (nSPS) is 15.1. The molecule has 0 heterocycles. The molecule has 1 atom stereocenters. The van der Waals surface area contributed by atoms with Crippen molar-refractivity contribution in [3.8, 4) is 12.3 Å². The Morgan fingerprint density at radius 1 is 1.28 bits per heavy atom. The molecular formula is C19H17N3O3. The fourth-order valence-electron chi connectivity index (χ4n) is 3.14. The van der Waals surface area contributed by atoms with Crippen LogP contribution in [-0.2, 0) is 6.42 Å². The van der Waals surface area contributed by atoms with Gasteiger partial charge in [0, 0.05) is 17.8 Å². The molecule has 2 aromatic rings. The standard InChI is InChI=1S/C19H17N3O3/c1-2-13-21(18-12-7-14-5-3-4-6-17(14)18)19(23)20-15-8-10-16(11-9-15)22(24)25/h1,3-6,8-11,18H,7,12-13H2,(H,20,23). The lowest BCUT2D eigenvalue weighted by Gasteiger charge is -2.28. The first kappa shape index (κ1) is 16.5. The van der Waals surface area contributed by atoms with Gasteiger partial charge in [-0.05, 0) is 36.1 Å². The Balaban J connectivity index is 1.78. The second-order valence-corrected chi connectivity index (χ2v) is 5.82. The number of terminal acetylenes is 1. The fraction of sp³-hybridized carbons (Fsp3) is 0.211. The van der Waals surface area contributed by atoms with E-state index in [2.05, 4.69) is 17.3 Å². The minimum absolute atomic E-state index is 0.0248. The highest BCUT2D eigenvalue weighted by Crippen LogP contribution is 2.35. The summed E-state index contributed by atoms with van der Waals surface area (Å²) < 4.78 is 0. The van der Waals surface area contributed by atoms with E-state index in [0.29, 0.717) is 5.69 Å². The van der Waals surface area contributed by atoms with Crippen molar-refractivity contribution in [2.24, 2.45) is 0 Å². The summed E-state index contributed by atoms with van der Waals surface area (Å²) in [7, 11) is 0. The maximum absolute atomic E-state index is 12.7. The Morgan fingerprint density at radius 3 is 2.68 bits per heavy atom. The number of urea groups is 1. The molecule has 6 heteroatoms. The smallest absolute Gasteiger partial charge is 0.308 e. The number of nitrogens with zero attached hydrogens (tertiary/aromatic N) is 2. The van der Waals surface area contributed by atoms with Gasteiger partial charge in [0.05, 0.1) is 17.5 Å². The second kappa shape index (κ2) is 7.05. The number of rotatable bonds is 4. The van der Waals surface area contributed by atoms with Crippen LogP contribution in [0.15, 0.2) is 48.5 Å². The number of carbonyl (C=O) groups is 1. The number of aryl methyl sites for hydroxylation is 1. The monoisotopic (exact) mass is 335 g/mol. The minimum atomic E-state index is -0.480. The number of nitro benzene ring substituents is 1. The zero-order valence-corrected chi connectivity index (χ0v) is 13.5. The SMILES string of the molecule is C#CCN(C(=O)Nc1ccc([N+](=O)[O-])cc1)C1CCc2ccccc21. The van der Waals surface area contributed by atoms with E-state index < -0.39 is 4.92 Å². The summed E-state index contributed by atoms with van der Waals surface area (Å²) in [5, 5.41) is 13.5. The third-order valence-electron chi connectivity index (χ3n) is 4.33. The summed E-state index contributed by atoms with van der Waals surface area (Å²) in [6, 6.07) is 13.4. The van der Waals surface area contributed by atoms with E-state index in [0.717, 1.165) is 18.4 Å². The summed E-state index contributed by atoms with van der Waals surface area (Å²) >= 11 is 0. The number of benzene rings is 2. The Bertz CT molecular complexity index is 840.